The largest absolute Gasteiger partial charge is 0.505 e. The van der Waals surface area contributed by atoms with E-state index in [1.807, 2.05) is 0 Å². The van der Waals surface area contributed by atoms with Crippen LogP contribution in [-0.2, 0) is 0 Å². The summed E-state index contributed by atoms with van der Waals surface area (Å²) in [7, 11) is 2.80. The first-order chi connectivity index (χ1) is 8.06. The van der Waals surface area contributed by atoms with Gasteiger partial charge in [-0.2, -0.15) is 0 Å². The molecule has 0 bridgehead atoms. The van der Waals surface area contributed by atoms with Gasteiger partial charge in [0.15, 0.2) is 17.3 Å². The van der Waals surface area contributed by atoms with Gasteiger partial charge in [0, 0.05) is 12.5 Å². The predicted octanol–water partition coefficient (Wildman–Crippen LogP) is 1.59. The van der Waals surface area contributed by atoms with Gasteiger partial charge in [-0.3, -0.25) is 4.79 Å². The van der Waals surface area contributed by atoms with Gasteiger partial charge in [0.1, 0.15) is 11.3 Å². The number of phenolic OH excluding ortho intramolecular Hbond substituents is 1. The van der Waals surface area contributed by atoms with Gasteiger partial charge in [-0.05, 0) is 6.54 Å². The Hall–Kier alpha value is -1.46. The summed E-state index contributed by atoms with van der Waals surface area (Å²) in [6, 6.07) is 1.38. The summed E-state index contributed by atoms with van der Waals surface area (Å²) in [6.07, 6.45) is 0.0907. The molecule has 0 fully saturated rings. The molecule has 0 aliphatic rings. The molecule has 0 saturated heterocycles. The summed E-state index contributed by atoms with van der Waals surface area (Å²) in [5.41, 5.74) is 5.31. The number of hydrogen-bond donors (Lipinski definition) is 2. The zero-order valence-electron chi connectivity index (χ0n) is 9.62. The SMILES string of the molecule is COc1cc(Cl)c(O)c(C(=O)CCN)c1OC. The third kappa shape index (κ3) is 2.62. The molecule has 0 aliphatic heterocycles. The lowest BCUT2D eigenvalue weighted by Crippen LogP contribution is -2.10. The molecule has 0 amide bonds. The van der Waals surface area contributed by atoms with Crippen molar-refractivity contribution in [2.75, 3.05) is 20.8 Å². The van der Waals surface area contributed by atoms with Crippen molar-refractivity contribution in [1.82, 2.24) is 0 Å². The Morgan fingerprint density at radius 1 is 1.47 bits per heavy atom. The Morgan fingerprint density at radius 2 is 2.12 bits per heavy atom. The van der Waals surface area contributed by atoms with Crippen molar-refractivity contribution in [2.24, 2.45) is 5.73 Å². The summed E-state index contributed by atoms with van der Waals surface area (Å²) >= 11 is 5.80. The third-order valence-electron chi connectivity index (χ3n) is 2.25. The summed E-state index contributed by atoms with van der Waals surface area (Å²) in [5, 5.41) is 9.83. The minimum Gasteiger partial charge on any atom is -0.505 e. The van der Waals surface area contributed by atoms with E-state index >= 15 is 0 Å². The van der Waals surface area contributed by atoms with Crippen LogP contribution in [0.4, 0.5) is 0 Å². The Kier molecular flexibility index (Phi) is 4.60. The lowest BCUT2D eigenvalue weighted by Gasteiger charge is -2.14. The summed E-state index contributed by atoms with van der Waals surface area (Å²) < 4.78 is 10.1. The van der Waals surface area contributed by atoms with Crippen LogP contribution in [0.3, 0.4) is 0 Å². The van der Waals surface area contributed by atoms with Gasteiger partial charge in [0.2, 0.25) is 0 Å². The number of methoxy groups -OCH3 is 2. The number of hydrogen-bond acceptors (Lipinski definition) is 5. The number of benzene rings is 1. The molecule has 0 spiro atoms. The average molecular weight is 260 g/mol. The van der Waals surface area contributed by atoms with E-state index in [2.05, 4.69) is 0 Å². The van der Waals surface area contributed by atoms with Crippen LogP contribution in [0.1, 0.15) is 16.8 Å². The maximum atomic E-state index is 11.8. The van der Waals surface area contributed by atoms with Gasteiger partial charge in [-0.25, -0.2) is 0 Å². The van der Waals surface area contributed by atoms with E-state index in [9.17, 15) is 9.90 Å². The van der Waals surface area contributed by atoms with Gasteiger partial charge in [-0.1, -0.05) is 11.6 Å². The van der Waals surface area contributed by atoms with Crippen molar-refractivity contribution >= 4 is 17.4 Å². The molecule has 5 nitrogen and oxygen atoms in total. The van der Waals surface area contributed by atoms with Crippen molar-refractivity contribution in [1.29, 1.82) is 0 Å². The second kappa shape index (κ2) is 5.75. The first-order valence-corrected chi connectivity index (χ1v) is 5.31. The Bertz CT molecular complexity index is 434. The van der Waals surface area contributed by atoms with E-state index in [0.29, 0.717) is 0 Å². The van der Waals surface area contributed by atoms with Gasteiger partial charge < -0.3 is 20.3 Å². The second-order valence-corrected chi connectivity index (χ2v) is 3.69. The topological polar surface area (TPSA) is 81.8 Å². The smallest absolute Gasteiger partial charge is 0.175 e. The molecule has 0 radical (unpaired) electrons. The van der Waals surface area contributed by atoms with Gasteiger partial charge >= 0.3 is 0 Å². The quantitative estimate of drug-likeness (QED) is 0.785. The molecular formula is C11H14ClNO4. The van der Waals surface area contributed by atoms with E-state index in [1.165, 1.54) is 20.3 Å². The Morgan fingerprint density at radius 3 is 2.59 bits per heavy atom. The molecule has 94 valence electrons. The number of halogens is 1. The number of ketones is 1. The molecule has 3 N–H and O–H groups in total. The van der Waals surface area contributed by atoms with Crippen LogP contribution in [0.25, 0.3) is 0 Å². The van der Waals surface area contributed by atoms with Crippen molar-refractivity contribution in [3.8, 4) is 17.2 Å². The number of ether oxygens (including phenoxy) is 2. The molecule has 17 heavy (non-hydrogen) atoms. The maximum absolute atomic E-state index is 11.8. The Labute approximate surface area is 104 Å². The number of carbonyl (C=O) groups excluding carboxylic acids is 1. The number of nitrogens with two attached hydrogens (primary N) is 1. The first-order valence-electron chi connectivity index (χ1n) is 4.93. The van der Waals surface area contributed by atoms with Crippen molar-refractivity contribution < 1.29 is 19.4 Å². The normalized spacial score (nSPS) is 10.1. The van der Waals surface area contributed by atoms with Crippen LogP contribution in [0, 0.1) is 0 Å². The average Bonchev–Trinajstić information content (AvgIpc) is 2.31. The molecule has 6 heteroatoms. The number of carbonyl (C=O) groups is 1. The lowest BCUT2D eigenvalue weighted by atomic mass is 10.0. The van der Waals surface area contributed by atoms with Gasteiger partial charge in [0.25, 0.3) is 0 Å². The van der Waals surface area contributed by atoms with E-state index < -0.39 is 0 Å². The zero-order chi connectivity index (χ0) is 13.0. The predicted molar refractivity (Wildman–Crippen MR) is 64.2 cm³/mol. The maximum Gasteiger partial charge on any atom is 0.175 e. The highest BCUT2D eigenvalue weighted by atomic mass is 35.5. The minimum absolute atomic E-state index is 0.00213. The molecule has 0 heterocycles. The summed E-state index contributed by atoms with van der Waals surface area (Å²) in [5.74, 6) is -0.214. The van der Waals surface area contributed by atoms with Crippen molar-refractivity contribution in [3.05, 3.63) is 16.7 Å². The number of Topliss-reactive ketones (excluding diaryl/α,β-unsaturated/α-hetero) is 1. The molecular weight excluding hydrogens is 246 g/mol. The molecule has 0 unspecified atom stereocenters. The molecule has 1 aromatic carbocycles. The standard InChI is InChI=1S/C11H14ClNO4/c1-16-8-5-6(12)10(15)9(11(8)17-2)7(14)3-4-13/h5,15H,3-4,13H2,1-2H3. The van der Waals surface area contributed by atoms with Crippen LogP contribution < -0.4 is 15.2 Å². The fourth-order valence-corrected chi connectivity index (χ4v) is 1.66. The zero-order valence-corrected chi connectivity index (χ0v) is 10.4. The van der Waals surface area contributed by atoms with Crippen LogP contribution in [-0.4, -0.2) is 31.7 Å². The van der Waals surface area contributed by atoms with Gasteiger partial charge in [-0.15, -0.1) is 0 Å². The molecule has 1 rings (SSSR count). The van der Waals surface area contributed by atoms with Gasteiger partial charge in [0.05, 0.1) is 19.2 Å². The van der Waals surface area contributed by atoms with Crippen molar-refractivity contribution in [2.45, 2.75) is 6.42 Å². The molecule has 0 atom stereocenters. The number of phenols is 1. The minimum atomic E-state index is -0.345. The lowest BCUT2D eigenvalue weighted by molar-refractivity contribution is 0.0979. The molecule has 0 saturated carbocycles. The highest BCUT2D eigenvalue weighted by molar-refractivity contribution is 6.33. The Balaban J connectivity index is 3.43. The third-order valence-corrected chi connectivity index (χ3v) is 2.53. The highest BCUT2D eigenvalue weighted by Gasteiger charge is 2.23. The first kappa shape index (κ1) is 13.6. The second-order valence-electron chi connectivity index (χ2n) is 3.28. The molecule has 0 aromatic heterocycles. The van der Waals surface area contributed by atoms with Crippen LogP contribution >= 0.6 is 11.6 Å². The van der Waals surface area contributed by atoms with E-state index in [-0.39, 0.29) is 46.6 Å². The molecule has 0 aliphatic carbocycles. The van der Waals surface area contributed by atoms with E-state index in [4.69, 9.17) is 26.8 Å². The number of rotatable bonds is 5. The van der Waals surface area contributed by atoms with Crippen molar-refractivity contribution in [3.63, 3.8) is 0 Å². The van der Waals surface area contributed by atoms with E-state index in [1.54, 1.807) is 0 Å². The summed E-state index contributed by atoms with van der Waals surface area (Å²) in [6.45, 7) is 0.177. The van der Waals surface area contributed by atoms with E-state index in [0.717, 1.165) is 0 Å². The fraction of sp³-hybridized carbons (Fsp3) is 0.364. The highest BCUT2D eigenvalue weighted by Crippen LogP contribution is 2.42. The number of aromatic hydroxyl groups is 1. The monoisotopic (exact) mass is 259 g/mol. The van der Waals surface area contributed by atoms with Crippen LogP contribution in [0.5, 0.6) is 17.2 Å². The fourth-order valence-electron chi connectivity index (χ4n) is 1.47. The van der Waals surface area contributed by atoms with Crippen LogP contribution in [0.2, 0.25) is 5.02 Å². The summed E-state index contributed by atoms with van der Waals surface area (Å²) in [4.78, 5) is 11.8. The molecule has 1 aromatic rings. The van der Waals surface area contributed by atoms with Crippen LogP contribution in [0.15, 0.2) is 6.07 Å².